The van der Waals surface area contributed by atoms with E-state index < -0.39 is 0 Å². The predicted molar refractivity (Wildman–Crippen MR) is 80.4 cm³/mol. The number of nitro groups is 1. The molecular weight excluding hydrogens is 254 g/mol. The van der Waals surface area contributed by atoms with Crippen molar-refractivity contribution in [2.75, 3.05) is 13.6 Å². The number of benzene rings is 1. The highest BCUT2D eigenvalue weighted by molar-refractivity contribution is 5.80. The van der Waals surface area contributed by atoms with Gasteiger partial charge in [-0.3, -0.25) is 15.1 Å². The lowest BCUT2D eigenvalue weighted by Gasteiger charge is -2.28. The molecule has 0 aliphatic heterocycles. The van der Waals surface area contributed by atoms with Crippen LogP contribution in [0.15, 0.2) is 29.3 Å². The van der Waals surface area contributed by atoms with E-state index >= 15 is 0 Å². The van der Waals surface area contributed by atoms with Crippen molar-refractivity contribution < 1.29 is 4.92 Å². The Bertz CT molecular complexity index is 469. The maximum absolute atomic E-state index is 10.6. The number of hydrogen-bond donors (Lipinski definition) is 1. The molecular formula is C15H21N3O2. The smallest absolute Gasteiger partial charge is 0.269 e. The van der Waals surface area contributed by atoms with Crippen LogP contribution in [0.1, 0.15) is 31.2 Å². The van der Waals surface area contributed by atoms with Gasteiger partial charge in [-0.1, -0.05) is 12.8 Å². The molecule has 1 aliphatic rings. The minimum atomic E-state index is -0.384. The van der Waals surface area contributed by atoms with Gasteiger partial charge >= 0.3 is 0 Å². The van der Waals surface area contributed by atoms with Crippen LogP contribution in [-0.4, -0.2) is 30.8 Å². The van der Waals surface area contributed by atoms with E-state index in [-0.39, 0.29) is 10.6 Å². The molecule has 20 heavy (non-hydrogen) atoms. The maximum atomic E-state index is 10.6. The van der Waals surface area contributed by atoms with Crippen molar-refractivity contribution in [2.45, 2.75) is 31.7 Å². The number of aliphatic imine (C=N–C) groups is 1. The Morgan fingerprint density at radius 3 is 2.70 bits per heavy atom. The lowest BCUT2D eigenvalue weighted by Crippen LogP contribution is -2.31. The Labute approximate surface area is 119 Å². The molecule has 1 fully saturated rings. The molecule has 2 rings (SSSR count). The molecule has 1 aromatic carbocycles. The summed E-state index contributed by atoms with van der Waals surface area (Å²) in [5.74, 6) is 0.600. The molecule has 1 aliphatic carbocycles. The summed E-state index contributed by atoms with van der Waals surface area (Å²) in [6, 6.07) is 6.90. The average Bonchev–Trinajstić information content (AvgIpc) is 2.47. The number of nitrogens with zero attached hydrogens (tertiary/aromatic N) is 2. The first kappa shape index (κ1) is 14.7. The zero-order chi connectivity index (χ0) is 14.4. The van der Waals surface area contributed by atoms with Crippen LogP contribution >= 0.6 is 0 Å². The van der Waals surface area contributed by atoms with Gasteiger partial charge in [0.1, 0.15) is 0 Å². The van der Waals surface area contributed by atoms with E-state index in [1.54, 1.807) is 12.1 Å². The highest BCUT2D eigenvalue weighted by Crippen LogP contribution is 2.26. The largest absolute Gasteiger partial charge is 0.319 e. The minimum absolute atomic E-state index is 0.118. The van der Waals surface area contributed by atoms with Crippen molar-refractivity contribution in [1.82, 2.24) is 5.32 Å². The van der Waals surface area contributed by atoms with Crippen molar-refractivity contribution in [3.8, 4) is 0 Å². The second-order valence-electron chi connectivity index (χ2n) is 5.30. The van der Waals surface area contributed by atoms with Gasteiger partial charge in [-0.25, -0.2) is 0 Å². The molecule has 0 saturated heterocycles. The fourth-order valence-electron chi connectivity index (χ4n) is 2.75. The molecule has 1 saturated carbocycles. The lowest BCUT2D eigenvalue weighted by atomic mass is 9.85. The van der Waals surface area contributed by atoms with Crippen molar-refractivity contribution in [2.24, 2.45) is 10.9 Å². The normalized spacial score (nSPS) is 23.1. The maximum Gasteiger partial charge on any atom is 0.269 e. The molecule has 5 nitrogen and oxygen atoms in total. The second kappa shape index (κ2) is 7.14. The first-order chi connectivity index (χ1) is 9.70. The minimum Gasteiger partial charge on any atom is -0.319 e. The van der Waals surface area contributed by atoms with Gasteiger partial charge in [-0.2, -0.15) is 0 Å². The fourth-order valence-corrected chi connectivity index (χ4v) is 2.75. The Kier molecular flexibility index (Phi) is 5.24. The molecule has 0 heterocycles. The second-order valence-corrected chi connectivity index (χ2v) is 5.30. The van der Waals surface area contributed by atoms with Gasteiger partial charge in [0.05, 0.1) is 11.0 Å². The van der Waals surface area contributed by atoms with Crippen LogP contribution in [0.2, 0.25) is 0 Å². The van der Waals surface area contributed by atoms with Gasteiger partial charge in [0, 0.05) is 18.3 Å². The summed E-state index contributed by atoms with van der Waals surface area (Å²) < 4.78 is 0. The summed E-state index contributed by atoms with van der Waals surface area (Å²) in [6.45, 7) is 1.00. The van der Waals surface area contributed by atoms with E-state index in [4.69, 9.17) is 4.99 Å². The highest BCUT2D eigenvalue weighted by Gasteiger charge is 2.23. The first-order valence-electron chi connectivity index (χ1n) is 7.13. The van der Waals surface area contributed by atoms with E-state index in [2.05, 4.69) is 5.32 Å². The van der Waals surface area contributed by atoms with Crippen LogP contribution in [0.25, 0.3) is 0 Å². The number of nitro benzene ring substituents is 1. The van der Waals surface area contributed by atoms with E-state index in [1.165, 1.54) is 31.4 Å². The van der Waals surface area contributed by atoms with Crippen LogP contribution in [0.5, 0.6) is 0 Å². The van der Waals surface area contributed by atoms with E-state index in [0.29, 0.717) is 12.0 Å². The number of hydrogen-bond acceptors (Lipinski definition) is 4. The molecule has 1 N–H and O–H groups in total. The summed E-state index contributed by atoms with van der Waals surface area (Å²) >= 11 is 0. The third kappa shape index (κ3) is 3.87. The summed E-state index contributed by atoms with van der Waals surface area (Å²) in [6.07, 6.45) is 6.74. The standard InChI is InChI=1S/C15H21N3O2/c1-16-11-13-4-2-3-5-15(13)17-10-12-6-8-14(9-7-12)18(19)20/h6-10,13,15-16H,2-5,11H2,1H3/t13-,15-/m0/s1. The Balaban J connectivity index is 2.01. The summed E-state index contributed by atoms with van der Waals surface area (Å²) in [5.41, 5.74) is 1.04. The summed E-state index contributed by atoms with van der Waals surface area (Å²) in [5, 5.41) is 13.8. The van der Waals surface area contributed by atoms with E-state index in [1.807, 2.05) is 13.3 Å². The Morgan fingerprint density at radius 1 is 1.35 bits per heavy atom. The van der Waals surface area contributed by atoms with E-state index in [9.17, 15) is 10.1 Å². The third-order valence-electron chi connectivity index (χ3n) is 3.85. The lowest BCUT2D eigenvalue weighted by molar-refractivity contribution is -0.384. The molecule has 0 spiro atoms. The van der Waals surface area contributed by atoms with Crippen molar-refractivity contribution >= 4 is 11.9 Å². The monoisotopic (exact) mass is 275 g/mol. The van der Waals surface area contributed by atoms with Gasteiger partial charge in [0.2, 0.25) is 0 Å². The molecule has 0 radical (unpaired) electrons. The van der Waals surface area contributed by atoms with Crippen molar-refractivity contribution in [1.29, 1.82) is 0 Å². The van der Waals surface area contributed by atoms with Gasteiger partial charge in [0.25, 0.3) is 5.69 Å². The van der Waals surface area contributed by atoms with Crippen LogP contribution in [-0.2, 0) is 0 Å². The molecule has 108 valence electrons. The molecule has 0 bridgehead atoms. The molecule has 0 aromatic heterocycles. The fraction of sp³-hybridized carbons (Fsp3) is 0.533. The van der Waals surface area contributed by atoms with Crippen LogP contribution in [0.3, 0.4) is 0 Å². The molecule has 0 amide bonds. The molecule has 5 heteroatoms. The highest BCUT2D eigenvalue weighted by atomic mass is 16.6. The van der Waals surface area contributed by atoms with Crippen LogP contribution in [0, 0.1) is 16.0 Å². The summed E-state index contributed by atoms with van der Waals surface area (Å²) in [4.78, 5) is 14.9. The molecule has 0 unspecified atom stereocenters. The van der Waals surface area contributed by atoms with Gasteiger partial charge in [0.15, 0.2) is 0 Å². The quantitative estimate of drug-likeness (QED) is 0.510. The van der Waals surface area contributed by atoms with Crippen molar-refractivity contribution in [3.63, 3.8) is 0 Å². The topological polar surface area (TPSA) is 67.5 Å². The zero-order valence-corrected chi connectivity index (χ0v) is 11.8. The van der Waals surface area contributed by atoms with E-state index in [0.717, 1.165) is 18.5 Å². The molecule has 1 aromatic rings. The van der Waals surface area contributed by atoms with Crippen LogP contribution < -0.4 is 5.32 Å². The summed E-state index contributed by atoms with van der Waals surface area (Å²) in [7, 11) is 1.98. The molecule has 2 atom stereocenters. The van der Waals surface area contributed by atoms with Gasteiger partial charge in [-0.05, 0) is 50.0 Å². The number of rotatable bonds is 5. The van der Waals surface area contributed by atoms with Crippen LogP contribution in [0.4, 0.5) is 5.69 Å². The number of non-ortho nitro benzene ring substituents is 1. The third-order valence-corrected chi connectivity index (χ3v) is 3.85. The Morgan fingerprint density at radius 2 is 2.05 bits per heavy atom. The van der Waals surface area contributed by atoms with Gasteiger partial charge in [-0.15, -0.1) is 0 Å². The SMILES string of the molecule is CNC[C@@H]1CCCC[C@@H]1N=Cc1ccc([N+](=O)[O-])cc1. The Hall–Kier alpha value is -1.75. The number of nitrogens with one attached hydrogen (secondary N) is 1. The predicted octanol–water partition coefficient (Wildman–Crippen LogP) is 2.79. The average molecular weight is 275 g/mol. The van der Waals surface area contributed by atoms with Crippen molar-refractivity contribution in [3.05, 3.63) is 39.9 Å². The first-order valence-corrected chi connectivity index (χ1v) is 7.13. The zero-order valence-electron chi connectivity index (χ0n) is 11.8. The van der Waals surface area contributed by atoms with Gasteiger partial charge < -0.3 is 5.32 Å².